The Labute approximate surface area is 151 Å². The highest BCUT2D eigenvalue weighted by Gasteiger charge is 2.21. The van der Waals surface area contributed by atoms with Crippen LogP contribution in [0, 0.1) is 3.57 Å². The van der Waals surface area contributed by atoms with Gasteiger partial charge in [-0.1, -0.05) is 19.6 Å². The summed E-state index contributed by atoms with van der Waals surface area (Å²) in [5, 5.41) is 12.7. The predicted molar refractivity (Wildman–Crippen MR) is 99.2 cm³/mol. The van der Waals surface area contributed by atoms with Crippen LogP contribution in [0.5, 0.6) is 11.5 Å². The molecule has 0 heterocycles. The third-order valence-corrected chi connectivity index (χ3v) is 4.05. The van der Waals surface area contributed by atoms with Gasteiger partial charge in [-0.3, -0.25) is 0 Å². The van der Waals surface area contributed by atoms with Gasteiger partial charge in [-0.25, -0.2) is 4.79 Å². The molecular weight excluding hydrogens is 409 g/mol. The monoisotopic (exact) mass is 433 g/mol. The zero-order valence-corrected chi connectivity index (χ0v) is 16.1. The lowest BCUT2D eigenvalue weighted by atomic mass is 9.99. The van der Waals surface area contributed by atoms with E-state index in [4.69, 9.17) is 9.47 Å². The van der Waals surface area contributed by atoms with Crippen LogP contribution in [0.4, 0.5) is 4.79 Å². The second kappa shape index (κ2) is 8.42. The van der Waals surface area contributed by atoms with Crippen molar-refractivity contribution in [2.75, 3.05) is 13.2 Å². The van der Waals surface area contributed by atoms with E-state index in [1.807, 2.05) is 27.7 Å². The molecule has 0 aliphatic heterocycles. The van der Waals surface area contributed by atoms with Crippen LogP contribution in [0.15, 0.2) is 24.8 Å². The molecule has 0 saturated carbocycles. The molecule has 0 aliphatic rings. The Hall–Kier alpha value is -1.44. The number of amides is 1. The highest BCUT2D eigenvalue weighted by Crippen LogP contribution is 2.36. The summed E-state index contributed by atoms with van der Waals surface area (Å²) in [6.07, 6.45) is 1.20. The van der Waals surface area contributed by atoms with Crippen LogP contribution < -0.4 is 10.1 Å². The van der Waals surface area contributed by atoms with Gasteiger partial charge in [-0.2, -0.15) is 0 Å². The van der Waals surface area contributed by atoms with E-state index in [1.54, 1.807) is 18.2 Å². The van der Waals surface area contributed by atoms with Crippen LogP contribution in [-0.4, -0.2) is 30.0 Å². The molecule has 0 spiro atoms. The number of aromatic hydroxyl groups is 1. The van der Waals surface area contributed by atoms with E-state index in [-0.39, 0.29) is 11.7 Å². The second-order valence-electron chi connectivity index (χ2n) is 6.19. The number of hydrogen-bond donors (Lipinski definition) is 2. The SMILES string of the molecule is C=CCOc1ccc(O)c(I)c1C(C)CNC(=O)OC(C)(C)C. The van der Waals surface area contributed by atoms with Gasteiger partial charge in [0.05, 0.1) is 3.57 Å². The van der Waals surface area contributed by atoms with E-state index in [2.05, 4.69) is 34.5 Å². The van der Waals surface area contributed by atoms with E-state index >= 15 is 0 Å². The number of halogens is 1. The fourth-order valence-electron chi connectivity index (χ4n) is 1.95. The molecule has 5 nitrogen and oxygen atoms in total. The average Bonchev–Trinajstić information content (AvgIpc) is 2.44. The largest absolute Gasteiger partial charge is 0.507 e. The van der Waals surface area contributed by atoms with Gasteiger partial charge in [0.15, 0.2) is 0 Å². The molecule has 1 atom stereocenters. The Bertz CT molecular complexity index is 566. The summed E-state index contributed by atoms with van der Waals surface area (Å²) in [5.74, 6) is 0.808. The molecule has 1 unspecified atom stereocenters. The highest BCUT2D eigenvalue weighted by atomic mass is 127. The number of hydrogen-bond acceptors (Lipinski definition) is 4. The number of ether oxygens (including phenoxy) is 2. The van der Waals surface area contributed by atoms with Gasteiger partial charge >= 0.3 is 6.09 Å². The van der Waals surface area contributed by atoms with Crippen molar-refractivity contribution in [3.63, 3.8) is 0 Å². The fraction of sp³-hybridized carbons (Fsp3) is 0.471. The average molecular weight is 433 g/mol. The van der Waals surface area contributed by atoms with Gasteiger partial charge in [0, 0.05) is 18.0 Å². The minimum Gasteiger partial charge on any atom is -0.507 e. The van der Waals surface area contributed by atoms with E-state index in [0.29, 0.717) is 22.5 Å². The van der Waals surface area contributed by atoms with Gasteiger partial charge in [-0.15, -0.1) is 0 Å². The molecule has 0 radical (unpaired) electrons. The van der Waals surface area contributed by atoms with E-state index < -0.39 is 11.7 Å². The number of phenolic OH excluding ortho intramolecular Hbond substituents is 1. The number of alkyl carbamates (subject to hydrolysis) is 1. The number of benzene rings is 1. The molecule has 1 aromatic rings. The standard InChI is InChI=1S/C17H24INO4/c1-6-9-22-13-8-7-12(20)15(18)14(13)11(2)10-19-16(21)23-17(3,4)5/h6-8,11,20H,1,9-10H2,2-5H3,(H,19,21). The molecular formula is C17H24INO4. The van der Waals surface area contributed by atoms with Crippen molar-refractivity contribution >= 4 is 28.7 Å². The van der Waals surface area contributed by atoms with Crippen LogP contribution in [-0.2, 0) is 4.74 Å². The lowest BCUT2D eigenvalue weighted by Gasteiger charge is -2.22. The fourth-order valence-corrected chi connectivity index (χ4v) is 2.93. The maximum absolute atomic E-state index is 11.8. The molecule has 0 bridgehead atoms. The van der Waals surface area contributed by atoms with Crippen molar-refractivity contribution in [3.05, 3.63) is 33.9 Å². The van der Waals surface area contributed by atoms with E-state index in [0.717, 1.165) is 5.56 Å². The molecule has 0 fully saturated rings. The Kier molecular flexibility index (Phi) is 7.18. The first-order chi connectivity index (χ1) is 10.7. The molecule has 23 heavy (non-hydrogen) atoms. The lowest BCUT2D eigenvalue weighted by Crippen LogP contribution is -2.34. The first-order valence-corrected chi connectivity index (χ1v) is 8.45. The summed E-state index contributed by atoms with van der Waals surface area (Å²) in [6, 6.07) is 3.32. The Morgan fingerprint density at radius 3 is 2.70 bits per heavy atom. The van der Waals surface area contributed by atoms with Crippen LogP contribution in [0.3, 0.4) is 0 Å². The van der Waals surface area contributed by atoms with E-state index in [1.165, 1.54) is 0 Å². The number of carbonyl (C=O) groups excluding carboxylic acids is 1. The first kappa shape index (κ1) is 19.6. The lowest BCUT2D eigenvalue weighted by molar-refractivity contribution is 0.0525. The number of rotatable bonds is 6. The van der Waals surface area contributed by atoms with Crippen LogP contribution >= 0.6 is 22.6 Å². The van der Waals surface area contributed by atoms with E-state index in [9.17, 15) is 9.90 Å². The second-order valence-corrected chi connectivity index (χ2v) is 7.27. The topological polar surface area (TPSA) is 67.8 Å². The van der Waals surface area contributed by atoms with Crippen LogP contribution in [0.2, 0.25) is 0 Å². The minimum absolute atomic E-state index is 0.0543. The predicted octanol–water partition coefficient (Wildman–Crippen LogP) is 4.19. The molecule has 0 saturated heterocycles. The molecule has 128 valence electrons. The van der Waals surface area contributed by atoms with Gasteiger partial charge in [-0.05, 0) is 55.5 Å². The van der Waals surface area contributed by atoms with Crippen molar-refractivity contribution in [3.8, 4) is 11.5 Å². The van der Waals surface area contributed by atoms with Gasteiger partial charge < -0.3 is 19.9 Å². The molecule has 0 aliphatic carbocycles. The van der Waals surface area contributed by atoms with Crippen molar-refractivity contribution in [1.29, 1.82) is 0 Å². The van der Waals surface area contributed by atoms with Gasteiger partial charge in [0.2, 0.25) is 0 Å². The van der Waals surface area contributed by atoms with Gasteiger partial charge in [0.25, 0.3) is 0 Å². The number of phenols is 1. The normalized spacial score (nSPS) is 12.4. The van der Waals surface area contributed by atoms with Crippen LogP contribution in [0.25, 0.3) is 0 Å². The smallest absolute Gasteiger partial charge is 0.407 e. The first-order valence-electron chi connectivity index (χ1n) is 7.37. The Morgan fingerprint density at radius 1 is 1.48 bits per heavy atom. The van der Waals surface area contributed by atoms with Gasteiger partial charge in [0.1, 0.15) is 23.7 Å². The number of nitrogens with one attached hydrogen (secondary N) is 1. The molecule has 6 heteroatoms. The number of carbonyl (C=O) groups is 1. The quantitative estimate of drug-likeness (QED) is 0.522. The third kappa shape index (κ3) is 6.29. The van der Waals surface area contributed by atoms with Crippen molar-refractivity contribution in [2.24, 2.45) is 0 Å². The van der Waals surface area contributed by atoms with Crippen molar-refractivity contribution in [2.45, 2.75) is 39.2 Å². The minimum atomic E-state index is -0.537. The summed E-state index contributed by atoms with van der Waals surface area (Å²) in [4.78, 5) is 11.8. The summed E-state index contributed by atoms with van der Waals surface area (Å²) in [5.41, 5.74) is 0.314. The summed E-state index contributed by atoms with van der Waals surface area (Å²) in [7, 11) is 0. The molecule has 1 amide bonds. The maximum atomic E-state index is 11.8. The maximum Gasteiger partial charge on any atom is 0.407 e. The Balaban J connectivity index is 2.85. The van der Waals surface area contributed by atoms with Crippen molar-refractivity contribution in [1.82, 2.24) is 5.32 Å². The Morgan fingerprint density at radius 2 is 2.13 bits per heavy atom. The summed E-state index contributed by atoms with van der Waals surface area (Å²) >= 11 is 2.08. The molecule has 1 aromatic carbocycles. The zero-order valence-electron chi connectivity index (χ0n) is 14.0. The highest BCUT2D eigenvalue weighted by molar-refractivity contribution is 14.1. The zero-order chi connectivity index (χ0) is 17.6. The van der Waals surface area contributed by atoms with Crippen molar-refractivity contribution < 1.29 is 19.4 Å². The van der Waals surface area contributed by atoms with Crippen LogP contribution in [0.1, 0.15) is 39.2 Å². The third-order valence-electron chi connectivity index (χ3n) is 2.92. The molecule has 1 rings (SSSR count). The molecule has 0 aromatic heterocycles. The summed E-state index contributed by atoms with van der Waals surface area (Å²) < 4.78 is 11.6. The summed E-state index contributed by atoms with van der Waals surface area (Å²) in [6.45, 7) is 11.8. The molecule has 2 N–H and O–H groups in total.